The van der Waals surface area contributed by atoms with Gasteiger partial charge in [-0.05, 0) is 12.8 Å². The number of hydrogen-bond donors (Lipinski definition) is 2. The van der Waals surface area contributed by atoms with Gasteiger partial charge in [0.15, 0.2) is 0 Å². The Bertz CT molecular complexity index is 352. The number of aliphatic carboxylic acids is 1. The lowest BCUT2D eigenvalue weighted by Gasteiger charge is -2.37. The summed E-state index contributed by atoms with van der Waals surface area (Å²) < 4.78 is 5.29. The van der Waals surface area contributed by atoms with Gasteiger partial charge in [-0.1, -0.05) is 0 Å². The molecule has 2 aliphatic rings. The molecule has 7 heteroatoms. The molecule has 0 spiro atoms. The molecule has 0 saturated carbocycles. The molecule has 0 bridgehead atoms. The molecule has 2 saturated heterocycles. The minimum absolute atomic E-state index is 0.0192. The van der Waals surface area contributed by atoms with Crippen molar-refractivity contribution < 1.29 is 19.4 Å². The average Bonchev–Trinajstić information content (AvgIpc) is 2.39. The molecular weight excluding hydrogens is 298 g/mol. The summed E-state index contributed by atoms with van der Waals surface area (Å²) in [4.78, 5) is 23.2. The molecule has 5 nitrogen and oxygen atoms in total. The SMILES string of the molecule is O=C(O)CC1(NC(=O)CC2CSCCS2)CCOCC1. The van der Waals surface area contributed by atoms with E-state index in [0.29, 0.717) is 37.7 Å². The van der Waals surface area contributed by atoms with Gasteiger partial charge in [0.05, 0.1) is 12.0 Å². The Labute approximate surface area is 127 Å². The normalized spacial score (nSPS) is 25.9. The van der Waals surface area contributed by atoms with Crippen molar-refractivity contribution in [2.75, 3.05) is 30.5 Å². The first kappa shape index (κ1) is 16.0. The molecule has 1 unspecified atom stereocenters. The van der Waals surface area contributed by atoms with Crippen LogP contribution in [0.2, 0.25) is 0 Å². The predicted octanol–water partition coefficient (Wildman–Crippen LogP) is 1.37. The first-order valence-electron chi connectivity index (χ1n) is 6.90. The molecule has 0 aromatic heterocycles. The second-order valence-electron chi connectivity index (χ2n) is 5.28. The molecule has 0 aromatic rings. The quantitative estimate of drug-likeness (QED) is 0.797. The van der Waals surface area contributed by atoms with Gasteiger partial charge < -0.3 is 15.2 Å². The molecule has 0 aromatic carbocycles. The van der Waals surface area contributed by atoms with Crippen LogP contribution < -0.4 is 5.32 Å². The van der Waals surface area contributed by atoms with Crippen LogP contribution >= 0.6 is 23.5 Å². The number of thioether (sulfide) groups is 2. The fraction of sp³-hybridized carbons (Fsp3) is 0.846. The molecule has 20 heavy (non-hydrogen) atoms. The Hall–Kier alpha value is -0.400. The maximum atomic E-state index is 12.2. The van der Waals surface area contributed by atoms with E-state index in [0.717, 1.165) is 17.3 Å². The number of carbonyl (C=O) groups is 2. The van der Waals surface area contributed by atoms with E-state index in [2.05, 4.69) is 5.32 Å². The highest BCUT2D eigenvalue weighted by molar-refractivity contribution is 8.06. The van der Waals surface area contributed by atoms with Gasteiger partial charge in [-0.3, -0.25) is 9.59 Å². The standard InChI is InChI=1S/C13H21NO4S2/c15-11(7-10-9-19-5-6-20-10)14-13(8-12(16)17)1-3-18-4-2-13/h10H,1-9H2,(H,14,15)(H,16,17). The molecule has 1 amide bonds. The third-order valence-corrected chi connectivity index (χ3v) is 6.49. The third-order valence-electron chi connectivity index (χ3n) is 3.64. The van der Waals surface area contributed by atoms with Gasteiger partial charge in [0.2, 0.25) is 5.91 Å². The Kier molecular flexibility index (Phi) is 6.04. The van der Waals surface area contributed by atoms with E-state index in [4.69, 9.17) is 9.84 Å². The molecule has 0 radical (unpaired) electrons. The number of amides is 1. The zero-order valence-electron chi connectivity index (χ0n) is 11.4. The molecule has 0 aliphatic carbocycles. The van der Waals surface area contributed by atoms with Gasteiger partial charge in [-0.15, -0.1) is 0 Å². The molecule has 114 valence electrons. The number of hydrogen-bond acceptors (Lipinski definition) is 5. The van der Waals surface area contributed by atoms with Gasteiger partial charge in [0, 0.05) is 42.1 Å². The summed E-state index contributed by atoms with van der Waals surface area (Å²) in [5.74, 6) is 2.37. The summed E-state index contributed by atoms with van der Waals surface area (Å²) in [5.41, 5.74) is -0.617. The summed E-state index contributed by atoms with van der Waals surface area (Å²) in [5, 5.41) is 12.4. The van der Waals surface area contributed by atoms with Gasteiger partial charge in [-0.2, -0.15) is 23.5 Å². The average molecular weight is 319 g/mol. The van der Waals surface area contributed by atoms with Crippen molar-refractivity contribution >= 4 is 35.4 Å². The maximum Gasteiger partial charge on any atom is 0.305 e. The number of rotatable bonds is 5. The third kappa shape index (κ3) is 4.86. The summed E-state index contributed by atoms with van der Waals surface area (Å²) in [6.07, 6.45) is 1.63. The monoisotopic (exact) mass is 319 g/mol. The molecule has 2 N–H and O–H groups in total. The van der Waals surface area contributed by atoms with Crippen molar-refractivity contribution in [3.8, 4) is 0 Å². The van der Waals surface area contributed by atoms with Crippen molar-refractivity contribution in [2.24, 2.45) is 0 Å². The maximum absolute atomic E-state index is 12.2. The smallest absolute Gasteiger partial charge is 0.305 e. The van der Waals surface area contributed by atoms with E-state index in [-0.39, 0.29) is 12.3 Å². The highest BCUT2D eigenvalue weighted by atomic mass is 32.2. The van der Waals surface area contributed by atoms with E-state index >= 15 is 0 Å². The Balaban J connectivity index is 1.89. The second-order valence-corrected chi connectivity index (χ2v) is 7.84. The van der Waals surface area contributed by atoms with Gasteiger partial charge >= 0.3 is 5.97 Å². The largest absolute Gasteiger partial charge is 0.481 e. The minimum Gasteiger partial charge on any atom is -0.481 e. The van der Waals surface area contributed by atoms with Crippen LogP contribution in [-0.2, 0) is 14.3 Å². The Morgan fingerprint density at radius 1 is 1.30 bits per heavy atom. The van der Waals surface area contributed by atoms with E-state index in [9.17, 15) is 9.59 Å². The molecule has 2 rings (SSSR count). The van der Waals surface area contributed by atoms with Crippen LogP contribution in [0.1, 0.15) is 25.7 Å². The first-order chi connectivity index (χ1) is 9.60. The topological polar surface area (TPSA) is 75.6 Å². The zero-order valence-corrected chi connectivity index (χ0v) is 13.1. The van der Waals surface area contributed by atoms with E-state index in [1.807, 2.05) is 23.5 Å². The lowest BCUT2D eigenvalue weighted by Crippen LogP contribution is -2.53. The van der Waals surface area contributed by atoms with Crippen LogP contribution in [-0.4, -0.2) is 58.2 Å². The van der Waals surface area contributed by atoms with Crippen molar-refractivity contribution in [2.45, 2.75) is 36.5 Å². The van der Waals surface area contributed by atoms with Gasteiger partial charge in [0.25, 0.3) is 0 Å². The summed E-state index contributed by atoms with van der Waals surface area (Å²) in [6, 6.07) is 0. The van der Waals surface area contributed by atoms with Gasteiger partial charge in [-0.25, -0.2) is 0 Å². The summed E-state index contributed by atoms with van der Waals surface area (Å²) >= 11 is 3.73. The molecule has 1 atom stereocenters. The van der Waals surface area contributed by atoms with E-state index < -0.39 is 11.5 Å². The number of carboxylic acid groups (broad SMARTS) is 1. The zero-order chi connectivity index (χ0) is 14.4. The Morgan fingerprint density at radius 2 is 2.05 bits per heavy atom. The second kappa shape index (κ2) is 7.56. The fourth-order valence-electron chi connectivity index (χ4n) is 2.61. The fourth-order valence-corrected chi connectivity index (χ4v) is 5.29. The number of nitrogens with one attached hydrogen (secondary N) is 1. The number of carbonyl (C=O) groups excluding carboxylic acids is 1. The Morgan fingerprint density at radius 3 is 2.65 bits per heavy atom. The van der Waals surface area contributed by atoms with Crippen LogP contribution in [0.15, 0.2) is 0 Å². The molecular formula is C13H21NO4S2. The minimum atomic E-state index is -0.866. The predicted molar refractivity (Wildman–Crippen MR) is 81.4 cm³/mol. The van der Waals surface area contributed by atoms with Crippen LogP contribution in [0.25, 0.3) is 0 Å². The summed E-state index contributed by atoms with van der Waals surface area (Å²) in [6.45, 7) is 1.03. The van der Waals surface area contributed by atoms with Crippen molar-refractivity contribution in [3.05, 3.63) is 0 Å². The number of ether oxygens (including phenoxy) is 1. The van der Waals surface area contributed by atoms with Gasteiger partial charge in [0.1, 0.15) is 0 Å². The van der Waals surface area contributed by atoms with Crippen LogP contribution in [0.4, 0.5) is 0 Å². The van der Waals surface area contributed by atoms with Crippen LogP contribution in [0.3, 0.4) is 0 Å². The van der Waals surface area contributed by atoms with Crippen LogP contribution in [0, 0.1) is 0 Å². The highest BCUT2D eigenvalue weighted by Gasteiger charge is 2.36. The van der Waals surface area contributed by atoms with E-state index in [1.165, 1.54) is 0 Å². The van der Waals surface area contributed by atoms with Crippen molar-refractivity contribution in [1.82, 2.24) is 5.32 Å². The summed E-state index contributed by atoms with van der Waals surface area (Å²) in [7, 11) is 0. The van der Waals surface area contributed by atoms with Crippen molar-refractivity contribution in [3.63, 3.8) is 0 Å². The highest BCUT2D eigenvalue weighted by Crippen LogP contribution is 2.28. The molecule has 2 heterocycles. The van der Waals surface area contributed by atoms with E-state index in [1.54, 1.807) is 0 Å². The molecule has 2 aliphatic heterocycles. The van der Waals surface area contributed by atoms with Crippen LogP contribution in [0.5, 0.6) is 0 Å². The first-order valence-corrected chi connectivity index (χ1v) is 9.10. The lowest BCUT2D eigenvalue weighted by atomic mass is 9.86. The lowest BCUT2D eigenvalue weighted by molar-refractivity contribution is -0.140. The van der Waals surface area contributed by atoms with Crippen molar-refractivity contribution in [1.29, 1.82) is 0 Å². The number of carboxylic acids is 1. The molecule has 2 fully saturated rings.